The molecule has 1 aliphatic heterocycles. The zero-order valence-corrected chi connectivity index (χ0v) is 14.2. The van der Waals surface area contributed by atoms with Crippen LogP contribution in [0.15, 0.2) is 24.3 Å². The molecule has 24 heavy (non-hydrogen) atoms. The van der Waals surface area contributed by atoms with Gasteiger partial charge >= 0.3 is 6.18 Å². The molecule has 1 amide bonds. The van der Waals surface area contributed by atoms with Crippen molar-refractivity contribution < 1.29 is 23.1 Å². The van der Waals surface area contributed by atoms with E-state index in [1.54, 1.807) is 31.7 Å². The van der Waals surface area contributed by atoms with Gasteiger partial charge in [-0.2, -0.15) is 13.2 Å². The molecule has 1 fully saturated rings. The number of benzene rings is 1. The molecule has 0 bridgehead atoms. The first-order valence-electron chi connectivity index (χ1n) is 8.19. The summed E-state index contributed by atoms with van der Waals surface area (Å²) in [6.07, 6.45) is -2.68. The Morgan fingerprint density at radius 1 is 1.38 bits per heavy atom. The lowest BCUT2D eigenvalue weighted by molar-refractivity contribution is -0.137. The molecule has 3 nitrogen and oxygen atoms in total. The van der Waals surface area contributed by atoms with Crippen molar-refractivity contribution in [2.75, 3.05) is 6.54 Å². The van der Waals surface area contributed by atoms with Crippen molar-refractivity contribution >= 4 is 5.91 Å². The molecule has 0 radical (unpaired) electrons. The number of hydrogen-bond donors (Lipinski definition) is 1. The summed E-state index contributed by atoms with van der Waals surface area (Å²) in [5.41, 5.74) is -1.18. The maximum atomic E-state index is 12.8. The normalized spacial score (nSPS) is 20.3. The summed E-state index contributed by atoms with van der Waals surface area (Å²) in [5.74, 6) is -0.438. The molecular weight excluding hydrogens is 319 g/mol. The Bertz CT molecular complexity index is 593. The highest BCUT2D eigenvalue weighted by atomic mass is 19.4. The fraction of sp³-hybridized carbons (Fsp3) is 0.611. The lowest BCUT2D eigenvalue weighted by Crippen LogP contribution is -2.48. The minimum atomic E-state index is -4.39. The van der Waals surface area contributed by atoms with Crippen LogP contribution in [0.1, 0.15) is 57.1 Å². The molecule has 134 valence electrons. The van der Waals surface area contributed by atoms with Gasteiger partial charge in [0.25, 0.3) is 0 Å². The van der Waals surface area contributed by atoms with Crippen LogP contribution in [0.2, 0.25) is 0 Å². The molecule has 0 saturated carbocycles. The van der Waals surface area contributed by atoms with Gasteiger partial charge in [-0.25, -0.2) is 0 Å². The molecule has 2 unspecified atom stereocenters. The van der Waals surface area contributed by atoms with Gasteiger partial charge in [0.05, 0.1) is 17.2 Å². The molecule has 2 atom stereocenters. The average Bonchev–Trinajstić information content (AvgIpc) is 2.96. The summed E-state index contributed by atoms with van der Waals surface area (Å²) in [6.45, 7) is 5.70. The van der Waals surface area contributed by atoms with Gasteiger partial charge in [0.1, 0.15) is 0 Å². The molecule has 0 aliphatic carbocycles. The first-order chi connectivity index (χ1) is 11.0. The molecule has 1 heterocycles. The van der Waals surface area contributed by atoms with E-state index in [0.29, 0.717) is 12.1 Å². The number of aliphatic hydroxyl groups is 1. The van der Waals surface area contributed by atoms with Crippen LogP contribution in [-0.2, 0) is 11.0 Å². The second kappa shape index (κ2) is 6.75. The summed E-state index contributed by atoms with van der Waals surface area (Å²) in [4.78, 5) is 14.2. The molecule has 2 rings (SSSR count). The van der Waals surface area contributed by atoms with Gasteiger partial charge in [-0.1, -0.05) is 25.1 Å². The van der Waals surface area contributed by atoms with Gasteiger partial charge in [0.15, 0.2) is 0 Å². The van der Waals surface area contributed by atoms with E-state index in [1.165, 1.54) is 6.07 Å². The average molecular weight is 343 g/mol. The number of amides is 1. The fourth-order valence-electron chi connectivity index (χ4n) is 3.32. The minimum Gasteiger partial charge on any atom is -0.388 e. The van der Waals surface area contributed by atoms with Gasteiger partial charge in [-0.3, -0.25) is 4.79 Å². The zero-order valence-electron chi connectivity index (χ0n) is 14.2. The smallest absolute Gasteiger partial charge is 0.388 e. The van der Waals surface area contributed by atoms with E-state index in [-0.39, 0.29) is 24.3 Å². The molecule has 1 aliphatic rings. The lowest BCUT2D eigenvalue weighted by Gasteiger charge is -2.34. The molecule has 1 aromatic carbocycles. The van der Waals surface area contributed by atoms with Crippen molar-refractivity contribution in [1.29, 1.82) is 0 Å². The van der Waals surface area contributed by atoms with Crippen LogP contribution in [0.25, 0.3) is 0 Å². The number of carbonyl (C=O) groups is 1. The second-order valence-corrected chi connectivity index (χ2v) is 7.13. The summed E-state index contributed by atoms with van der Waals surface area (Å²) >= 11 is 0. The summed E-state index contributed by atoms with van der Waals surface area (Å²) in [6, 6.07) is 4.89. The number of halogens is 3. The molecular formula is C18H24F3NO2. The number of carbonyl (C=O) groups excluding carboxylic acids is 1. The van der Waals surface area contributed by atoms with Crippen LogP contribution < -0.4 is 0 Å². The number of hydrogen-bond acceptors (Lipinski definition) is 2. The summed E-state index contributed by atoms with van der Waals surface area (Å²) < 4.78 is 38.5. The van der Waals surface area contributed by atoms with Crippen molar-refractivity contribution in [3.8, 4) is 0 Å². The Kier molecular flexibility index (Phi) is 5.28. The fourth-order valence-corrected chi connectivity index (χ4v) is 3.32. The quantitative estimate of drug-likeness (QED) is 0.899. The molecule has 1 N–H and O–H groups in total. The number of alkyl halides is 3. The minimum absolute atomic E-state index is 0.121. The van der Waals surface area contributed by atoms with E-state index in [2.05, 4.69) is 0 Å². The van der Waals surface area contributed by atoms with Crippen LogP contribution in [0.4, 0.5) is 13.2 Å². The van der Waals surface area contributed by atoms with Gasteiger partial charge in [0.2, 0.25) is 5.91 Å². The van der Waals surface area contributed by atoms with E-state index in [0.717, 1.165) is 25.0 Å². The van der Waals surface area contributed by atoms with Crippen LogP contribution in [-0.4, -0.2) is 34.1 Å². The largest absolute Gasteiger partial charge is 0.416 e. The molecule has 1 aromatic rings. The molecule has 0 aromatic heterocycles. The van der Waals surface area contributed by atoms with Crippen molar-refractivity contribution in [2.45, 2.75) is 63.8 Å². The van der Waals surface area contributed by atoms with E-state index in [4.69, 9.17) is 0 Å². The van der Waals surface area contributed by atoms with E-state index in [9.17, 15) is 23.1 Å². The molecule has 1 saturated heterocycles. The highest BCUT2D eigenvalue weighted by Gasteiger charge is 2.38. The topological polar surface area (TPSA) is 40.5 Å². The first kappa shape index (κ1) is 18.8. The highest BCUT2D eigenvalue weighted by Crippen LogP contribution is 2.33. The van der Waals surface area contributed by atoms with E-state index >= 15 is 0 Å². The van der Waals surface area contributed by atoms with Crippen molar-refractivity contribution in [3.05, 3.63) is 35.4 Å². The maximum Gasteiger partial charge on any atom is 0.416 e. The van der Waals surface area contributed by atoms with Crippen LogP contribution in [0, 0.1) is 0 Å². The first-order valence-corrected chi connectivity index (χ1v) is 8.19. The number of likely N-dealkylation sites (tertiary alicyclic amines) is 1. The number of rotatable bonds is 4. The maximum absolute atomic E-state index is 12.8. The Labute approximate surface area is 140 Å². The Morgan fingerprint density at radius 2 is 2.04 bits per heavy atom. The predicted octanol–water partition coefficient (Wildman–Crippen LogP) is 3.96. The van der Waals surface area contributed by atoms with Gasteiger partial charge < -0.3 is 10.0 Å². The van der Waals surface area contributed by atoms with Crippen molar-refractivity contribution in [2.24, 2.45) is 0 Å². The highest BCUT2D eigenvalue weighted by molar-refractivity contribution is 5.78. The van der Waals surface area contributed by atoms with Gasteiger partial charge in [-0.15, -0.1) is 0 Å². The van der Waals surface area contributed by atoms with Crippen LogP contribution >= 0.6 is 0 Å². The third-order valence-corrected chi connectivity index (χ3v) is 4.65. The number of nitrogens with zero attached hydrogens (tertiary/aromatic N) is 1. The van der Waals surface area contributed by atoms with E-state index < -0.39 is 17.3 Å². The Morgan fingerprint density at radius 3 is 2.62 bits per heavy atom. The van der Waals surface area contributed by atoms with Gasteiger partial charge in [0, 0.05) is 13.0 Å². The molecule has 0 spiro atoms. The Hall–Kier alpha value is -1.56. The van der Waals surface area contributed by atoms with Crippen LogP contribution in [0.3, 0.4) is 0 Å². The van der Waals surface area contributed by atoms with E-state index in [1.807, 2.05) is 0 Å². The molecule has 6 heteroatoms. The predicted molar refractivity (Wildman–Crippen MR) is 85.5 cm³/mol. The van der Waals surface area contributed by atoms with Gasteiger partial charge in [-0.05, 0) is 44.2 Å². The second-order valence-electron chi connectivity index (χ2n) is 7.13. The monoisotopic (exact) mass is 343 g/mol. The van der Waals surface area contributed by atoms with Crippen molar-refractivity contribution in [3.63, 3.8) is 0 Å². The third-order valence-electron chi connectivity index (χ3n) is 4.65. The standard InChI is InChI=1S/C18H24F3NO2/c1-12(13-6-4-7-14(11-13)18(19,20)21)10-16(23)22-9-5-8-15(22)17(2,3)24/h4,6-7,11-12,15,24H,5,8-10H2,1-3H3. The zero-order chi connectivity index (χ0) is 18.1. The summed E-state index contributed by atoms with van der Waals surface area (Å²) in [5, 5.41) is 10.2. The third kappa shape index (κ3) is 4.29. The Balaban J connectivity index is 2.09. The lowest BCUT2D eigenvalue weighted by atomic mass is 9.93. The SMILES string of the molecule is CC(CC(=O)N1CCCC1C(C)(C)O)c1cccc(C(F)(F)F)c1. The summed E-state index contributed by atoms with van der Waals surface area (Å²) in [7, 11) is 0. The van der Waals surface area contributed by atoms with Crippen molar-refractivity contribution in [1.82, 2.24) is 4.90 Å². The van der Waals surface area contributed by atoms with Crippen LogP contribution in [0.5, 0.6) is 0 Å².